The highest BCUT2D eigenvalue weighted by molar-refractivity contribution is 9.12. The highest BCUT2D eigenvalue weighted by Gasteiger charge is 2.17. The number of thiophene rings is 1. The fourth-order valence-electron chi connectivity index (χ4n) is 1.85. The number of nitrogens with one attached hydrogen (secondary N) is 1. The lowest BCUT2D eigenvalue weighted by molar-refractivity contribution is 0.414. The first-order chi connectivity index (χ1) is 8.65. The molecule has 0 saturated heterocycles. The molecule has 0 aliphatic heterocycles. The third-order valence-electron chi connectivity index (χ3n) is 2.73. The summed E-state index contributed by atoms with van der Waals surface area (Å²) in [5.74, 6) is 0.874. The molecule has 18 heavy (non-hydrogen) atoms. The molecule has 0 bridgehead atoms. The normalized spacial score (nSPS) is 12.4. The topological polar surface area (TPSA) is 21.3 Å². The van der Waals surface area contributed by atoms with Crippen LogP contribution in [0.5, 0.6) is 5.75 Å². The molecule has 1 aromatic carbocycles. The average Bonchev–Trinajstić information content (AvgIpc) is 2.70. The molecule has 0 radical (unpaired) electrons. The summed E-state index contributed by atoms with van der Waals surface area (Å²) >= 11 is 8.81. The maximum absolute atomic E-state index is 5.18. The number of ether oxygens (including phenoxy) is 1. The van der Waals surface area contributed by atoms with Gasteiger partial charge in [0.05, 0.1) is 20.7 Å². The van der Waals surface area contributed by atoms with Crippen LogP contribution in [-0.4, -0.2) is 14.2 Å². The van der Waals surface area contributed by atoms with Gasteiger partial charge < -0.3 is 10.1 Å². The Morgan fingerprint density at radius 2 is 1.89 bits per heavy atom. The Hall–Kier alpha value is -0.360. The van der Waals surface area contributed by atoms with E-state index in [-0.39, 0.29) is 6.04 Å². The zero-order chi connectivity index (χ0) is 13.1. The minimum Gasteiger partial charge on any atom is -0.497 e. The fourth-order valence-corrected chi connectivity index (χ4v) is 4.75. The molecule has 0 saturated carbocycles. The molecular weight excluding hydrogens is 378 g/mol. The lowest BCUT2D eigenvalue weighted by Gasteiger charge is -2.16. The van der Waals surface area contributed by atoms with Gasteiger partial charge in [0.1, 0.15) is 5.75 Å². The summed E-state index contributed by atoms with van der Waals surface area (Å²) in [7, 11) is 3.64. The summed E-state index contributed by atoms with van der Waals surface area (Å²) in [6, 6.07) is 10.4. The zero-order valence-corrected chi connectivity index (χ0v) is 14.0. The van der Waals surface area contributed by atoms with Gasteiger partial charge in [0.2, 0.25) is 0 Å². The molecule has 0 amide bonds. The van der Waals surface area contributed by atoms with Crippen LogP contribution in [0.1, 0.15) is 17.2 Å². The minimum absolute atomic E-state index is 0.174. The molecule has 0 aliphatic carbocycles. The Balaban J connectivity index is 2.35. The SMILES string of the molecule is CNC(c1ccc(OC)cc1)c1cc(Br)sc1Br. The monoisotopic (exact) mass is 389 g/mol. The molecule has 0 fully saturated rings. The van der Waals surface area contributed by atoms with E-state index in [4.69, 9.17) is 4.74 Å². The van der Waals surface area contributed by atoms with Gasteiger partial charge in [-0.25, -0.2) is 0 Å². The Labute approximate surface area is 128 Å². The zero-order valence-electron chi connectivity index (χ0n) is 10.0. The molecule has 1 unspecified atom stereocenters. The van der Waals surface area contributed by atoms with E-state index in [0.29, 0.717) is 0 Å². The second-order valence-corrected chi connectivity index (χ2v) is 7.52. The standard InChI is InChI=1S/C13H13Br2NOS/c1-16-12(10-7-11(14)18-13(10)15)8-3-5-9(17-2)6-4-8/h3-7,12,16H,1-2H3. The van der Waals surface area contributed by atoms with Crippen molar-refractivity contribution in [2.45, 2.75) is 6.04 Å². The van der Waals surface area contributed by atoms with Crippen molar-refractivity contribution >= 4 is 43.2 Å². The smallest absolute Gasteiger partial charge is 0.118 e. The van der Waals surface area contributed by atoms with Gasteiger partial charge in [-0.1, -0.05) is 12.1 Å². The van der Waals surface area contributed by atoms with Crippen LogP contribution < -0.4 is 10.1 Å². The van der Waals surface area contributed by atoms with Crippen molar-refractivity contribution in [2.75, 3.05) is 14.2 Å². The average molecular weight is 391 g/mol. The van der Waals surface area contributed by atoms with E-state index >= 15 is 0 Å². The first-order valence-electron chi connectivity index (χ1n) is 5.41. The van der Waals surface area contributed by atoms with E-state index in [9.17, 15) is 0 Å². The first kappa shape index (κ1) is 14.1. The maximum Gasteiger partial charge on any atom is 0.118 e. The van der Waals surface area contributed by atoms with Gasteiger partial charge in [0, 0.05) is 0 Å². The molecular formula is C13H13Br2NOS. The van der Waals surface area contributed by atoms with Gasteiger partial charge in [-0.3, -0.25) is 0 Å². The lowest BCUT2D eigenvalue weighted by Crippen LogP contribution is -2.17. The highest BCUT2D eigenvalue weighted by atomic mass is 79.9. The molecule has 0 spiro atoms. The summed E-state index contributed by atoms with van der Waals surface area (Å²) in [5.41, 5.74) is 2.45. The van der Waals surface area contributed by atoms with Gasteiger partial charge in [-0.2, -0.15) is 0 Å². The quantitative estimate of drug-likeness (QED) is 0.824. The van der Waals surface area contributed by atoms with Crippen molar-refractivity contribution in [3.63, 3.8) is 0 Å². The molecule has 5 heteroatoms. The number of halogens is 2. The van der Waals surface area contributed by atoms with E-state index in [0.717, 1.165) is 13.3 Å². The molecule has 1 atom stereocenters. The molecule has 2 aromatic rings. The summed E-state index contributed by atoms with van der Waals surface area (Å²) in [6.45, 7) is 0. The summed E-state index contributed by atoms with van der Waals surface area (Å²) in [6.07, 6.45) is 0. The molecule has 1 N–H and O–H groups in total. The van der Waals surface area contributed by atoms with Gasteiger partial charge in [-0.15, -0.1) is 11.3 Å². The van der Waals surface area contributed by atoms with Gasteiger partial charge in [0.25, 0.3) is 0 Å². The third kappa shape index (κ3) is 2.96. The van der Waals surface area contributed by atoms with Crippen LogP contribution in [0.15, 0.2) is 37.9 Å². The highest BCUT2D eigenvalue weighted by Crippen LogP contribution is 2.37. The Kier molecular flexibility index (Phi) is 4.84. The number of benzene rings is 1. The second kappa shape index (κ2) is 6.19. The van der Waals surface area contributed by atoms with Crippen molar-refractivity contribution in [3.8, 4) is 5.75 Å². The Morgan fingerprint density at radius 1 is 1.22 bits per heavy atom. The van der Waals surface area contributed by atoms with Crippen LogP contribution in [0, 0.1) is 0 Å². The molecule has 2 nitrogen and oxygen atoms in total. The van der Waals surface area contributed by atoms with Crippen molar-refractivity contribution in [1.29, 1.82) is 0 Å². The van der Waals surface area contributed by atoms with E-state index in [1.165, 1.54) is 11.1 Å². The third-order valence-corrected chi connectivity index (χ3v) is 5.12. The summed E-state index contributed by atoms with van der Waals surface area (Å²) in [4.78, 5) is 0. The molecule has 2 rings (SSSR count). The molecule has 1 heterocycles. The Morgan fingerprint density at radius 3 is 2.33 bits per heavy atom. The van der Waals surface area contributed by atoms with Crippen molar-refractivity contribution in [2.24, 2.45) is 0 Å². The molecule has 0 aliphatic rings. The largest absolute Gasteiger partial charge is 0.497 e. The van der Waals surface area contributed by atoms with Crippen molar-refractivity contribution in [1.82, 2.24) is 5.32 Å². The predicted molar refractivity (Wildman–Crippen MR) is 83.6 cm³/mol. The van der Waals surface area contributed by atoms with Crippen LogP contribution in [0.2, 0.25) is 0 Å². The van der Waals surface area contributed by atoms with E-state index < -0.39 is 0 Å². The van der Waals surface area contributed by atoms with Crippen LogP contribution in [0.25, 0.3) is 0 Å². The van der Waals surface area contributed by atoms with Gasteiger partial charge in [0.15, 0.2) is 0 Å². The maximum atomic E-state index is 5.18. The molecule has 1 aromatic heterocycles. The van der Waals surface area contributed by atoms with Crippen LogP contribution in [-0.2, 0) is 0 Å². The fraction of sp³-hybridized carbons (Fsp3) is 0.231. The second-order valence-electron chi connectivity index (χ2n) is 3.77. The van der Waals surface area contributed by atoms with Crippen LogP contribution in [0.4, 0.5) is 0 Å². The van der Waals surface area contributed by atoms with Gasteiger partial charge in [-0.05, 0) is 68.2 Å². The number of hydrogen-bond acceptors (Lipinski definition) is 3. The first-order valence-corrected chi connectivity index (χ1v) is 7.82. The Bertz CT molecular complexity index is 524. The molecule has 96 valence electrons. The number of methoxy groups -OCH3 is 1. The summed E-state index contributed by atoms with van der Waals surface area (Å²) < 4.78 is 7.45. The van der Waals surface area contributed by atoms with E-state index in [1.54, 1.807) is 18.4 Å². The van der Waals surface area contributed by atoms with Crippen molar-refractivity contribution in [3.05, 3.63) is 49.0 Å². The summed E-state index contributed by atoms with van der Waals surface area (Å²) in [5, 5.41) is 3.34. The van der Waals surface area contributed by atoms with Crippen LogP contribution in [0.3, 0.4) is 0 Å². The predicted octanol–water partition coefficient (Wildman–Crippen LogP) is 4.59. The number of rotatable bonds is 4. The van der Waals surface area contributed by atoms with Crippen LogP contribution >= 0.6 is 43.2 Å². The van der Waals surface area contributed by atoms with E-state index in [2.05, 4.69) is 55.4 Å². The van der Waals surface area contributed by atoms with Gasteiger partial charge >= 0.3 is 0 Å². The van der Waals surface area contributed by atoms with Crippen molar-refractivity contribution < 1.29 is 4.74 Å². The minimum atomic E-state index is 0.174. The van der Waals surface area contributed by atoms with E-state index in [1.807, 2.05) is 19.2 Å². The number of hydrogen-bond donors (Lipinski definition) is 1. The lowest BCUT2D eigenvalue weighted by atomic mass is 10.0.